The predicted octanol–water partition coefficient (Wildman–Crippen LogP) is 6.66. The fraction of sp³-hybridized carbons (Fsp3) is 0.452. The molecule has 0 radical (unpaired) electrons. The third-order valence-corrected chi connectivity index (χ3v) is 7.57. The number of carbonyl (C=O) groups excluding carboxylic acids is 3. The van der Waals surface area contributed by atoms with Gasteiger partial charge in [0.05, 0.1) is 6.04 Å². The number of hydrogen-bond acceptors (Lipinski definition) is 5. The van der Waals surface area contributed by atoms with Crippen molar-refractivity contribution < 1.29 is 24.0 Å². The van der Waals surface area contributed by atoms with E-state index in [9.17, 15) is 14.4 Å². The molecule has 2 aromatic rings. The van der Waals surface area contributed by atoms with Crippen molar-refractivity contribution in [3.8, 4) is 0 Å². The highest BCUT2D eigenvalue weighted by molar-refractivity contribution is 6.35. The van der Waals surface area contributed by atoms with Crippen LogP contribution in [0.5, 0.6) is 0 Å². The molecule has 1 heterocycles. The standard InChI is InChI=1S/C31H37Cl2N3O5/c32-23-18-24(33)20-25(19-23)34-29(38)15-11-21-10-13-26-22(17-21)12-14-27(26)35-28(37)7-3-1-2-4-8-30(39)36-41-31-9-5-6-16-40-31/h10-11,13,15,17-20,27,31H,1-9,12,14,16H2,(H,34,38)(H,35,37)(H,36,39)/b15-11+. The van der Waals surface area contributed by atoms with Crippen molar-refractivity contribution >= 4 is 52.7 Å². The van der Waals surface area contributed by atoms with E-state index in [1.807, 2.05) is 12.1 Å². The minimum absolute atomic E-state index is 0.00301. The van der Waals surface area contributed by atoms with E-state index in [2.05, 4.69) is 22.2 Å². The van der Waals surface area contributed by atoms with Crippen molar-refractivity contribution in [2.24, 2.45) is 0 Å². The lowest BCUT2D eigenvalue weighted by atomic mass is 10.0. The van der Waals surface area contributed by atoms with Gasteiger partial charge in [0.25, 0.3) is 0 Å². The van der Waals surface area contributed by atoms with Gasteiger partial charge in [-0.05, 0) is 79.5 Å². The van der Waals surface area contributed by atoms with Gasteiger partial charge in [-0.1, -0.05) is 54.2 Å². The molecule has 1 aliphatic heterocycles. The van der Waals surface area contributed by atoms with Crippen LogP contribution in [0.2, 0.25) is 10.0 Å². The van der Waals surface area contributed by atoms with Crippen LogP contribution in [0.25, 0.3) is 6.08 Å². The molecule has 8 nitrogen and oxygen atoms in total. The first-order valence-corrected chi connectivity index (χ1v) is 15.0. The lowest BCUT2D eigenvalue weighted by Crippen LogP contribution is -2.32. The summed E-state index contributed by atoms with van der Waals surface area (Å²) in [5, 5.41) is 6.82. The van der Waals surface area contributed by atoms with Crippen molar-refractivity contribution in [3.63, 3.8) is 0 Å². The van der Waals surface area contributed by atoms with Crippen LogP contribution >= 0.6 is 23.2 Å². The molecule has 0 bridgehead atoms. The number of hydrogen-bond donors (Lipinski definition) is 3. The Morgan fingerprint density at radius 2 is 1.68 bits per heavy atom. The maximum absolute atomic E-state index is 12.5. The van der Waals surface area contributed by atoms with E-state index < -0.39 is 0 Å². The SMILES string of the molecule is O=C(/C=C/c1ccc2c(c1)CCC2NC(=O)CCCCCCC(=O)NOC1CCCCO1)Nc1cc(Cl)cc(Cl)c1. The molecule has 3 amide bonds. The van der Waals surface area contributed by atoms with Crippen molar-refractivity contribution in [1.82, 2.24) is 10.8 Å². The Bertz CT molecular complexity index is 1230. The Morgan fingerprint density at radius 3 is 2.41 bits per heavy atom. The second-order valence-electron chi connectivity index (χ2n) is 10.5. The van der Waals surface area contributed by atoms with Gasteiger partial charge in [-0.15, -0.1) is 0 Å². The molecule has 41 heavy (non-hydrogen) atoms. The van der Waals surface area contributed by atoms with Crippen molar-refractivity contribution in [2.75, 3.05) is 11.9 Å². The lowest BCUT2D eigenvalue weighted by molar-refractivity contribution is -0.200. The number of aryl methyl sites for hydroxylation is 1. The molecule has 10 heteroatoms. The molecule has 1 fully saturated rings. The molecule has 2 atom stereocenters. The largest absolute Gasteiger partial charge is 0.350 e. The van der Waals surface area contributed by atoms with Gasteiger partial charge in [0, 0.05) is 47.7 Å². The smallest absolute Gasteiger partial charge is 0.248 e. The molecule has 3 N–H and O–H groups in total. The zero-order valence-electron chi connectivity index (χ0n) is 23.1. The number of hydroxylamine groups is 1. The van der Waals surface area contributed by atoms with Gasteiger partial charge in [-0.25, -0.2) is 10.3 Å². The van der Waals surface area contributed by atoms with Gasteiger partial charge in [0.2, 0.25) is 17.7 Å². The van der Waals surface area contributed by atoms with Crippen LogP contribution in [-0.2, 0) is 30.4 Å². The number of benzene rings is 2. The molecule has 0 aromatic heterocycles. The van der Waals surface area contributed by atoms with Crippen molar-refractivity contribution in [1.29, 1.82) is 0 Å². The summed E-state index contributed by atoms with van der Waals surface area (Å²) in [5.41, 5.74) is 6.23. The van der Waals surface area contributed by atoms with Crippen LogP contribution in [0, 0.1) is 0 Å². The summed E-state index contributed by atoms with van der Waals surface area (Å²) in [7, 11) is 0. The van der Waals surface area contributed by atoms with Gasteiger partial charge in [-0.2, -0.15) is 0 Å². The Hall–Kier alpha value is -2.91. The van der Waals surface area contributed by atoms with Gasteiger partial charge in [-0.3, -0.25) is 14.4 Å². The van der Waals surface area contributed by atoms with Crippen LogP contribution in [-0.4, -0.2) is 30.6 Å². The third kappa shape index (κ3) is 10.5. The minimum Gasteiger partial charge on any atom is -0.350 e. The average molecular weight is 603 g/mol. The quantitative estimate of drug-likeness (QED) is 0.135. The van der Waals surface area contributed by atoms with Crippen molar-refractivity contribution in [3.05, 3.63) is 69.2 Å². The molecular weight excluding hydrogens is 565 g/mol. The number of amides is 3. The molecule has 4 rings (SSSR count). The van der Waals surface area contributed by atoms with Gasteiger partial charge < -0.3 is 15.4 Å². The Kier molecular flexibility index (Phi) is 12.0. The van der Waals surface area contributed by atoms with Crippen LogP contribution in [0.1, 0.15) is 86.9 Å². The van der Waals surface area contributed by atoms with E-state index in [1.165, 1.54) is 11.6 Å². The summed E-state index contributed by atoms with van der Waals surface area (Å²) < 4.78 is 5.42. The van der Waals surface area contributed by atoms with Gasteiger partial charge in [0.1, 0.15) is 0 Å². The first kappa shape index (κ1) is 31.0. The number of rotatable bonds is 13. The van der Waals surface area contributed by atoms with Crippen LogP contribution in [0.4, 0.5) is 5.69 Å². The third-order valence-electron chi connectivity index (χ3n) is 7.14. The van der Waals surface area contributed by atoms with Gasteiger partial charge >= 0.3 is 0 Å². The average Bonchev–Trinajstić information content (AvgIpc) is 3.34. The number of anilines is 1. The molecule has 0 spiro atoms. The number of ether oxygens (including phenoxy) is 1. The Morgan fingerprint density at radius 1 is 0.927 bits per heavy atom. The summed E-state index contributed by atoms with van der Waals surface area (Å²) in [6, 6.07) is 10.9. The molecule has 1 aliphatic carbocycles. The summed E-state index contributed by atoms with van der Waals surface area (Å²) in [4.78, 5) is 42.1. The van der Waals surface area contributed by atoms with E-state index in [0.717, 1.165) is 68.9 Å². The lowest BCUT2D eigenvalue weighted by Gasteiger charge is -2.22. The highest BCUT2D eigenvalue weighted by Crippen LogP contribution is 2.32. The summed E-state index contributed by atoms with van der Waals surface area (Å²) in [6.07, 6.45) is 11.7. The van der Waals surface area contributed by atoms with E-state index in [-0.39, 0.29) is 30.1 Å². The second-order valence-corrected chi connectivity index (χ2v) is 11.3. The fourth-order valence-corrected chi connectivity index (χ4v) is 5.58. The molecule has 2 unspecified atom stereocenters. The number of halogens is 2. The van der Waals surface area contributed by atoms with Crippen molar-refractivity contribution in [2.45, 2.75) is 83.0 Å². The second kappa shape index (κ2) is 15.9. The molecule has 2 aliphatic rings. The number of carbonyl (C=O) groups is 3. The highest BCUT2D eigenvalue weighted by atomic mass is 35.5. The Labute approximate surface area is 251 Å². The van der Waals surface area contributed by atoms with Crippen LogP contribution in [0.3, 0.4) is 0 Å². The molecule has 2 aromatic carbocycles. The molecular formula is C31H37Cl2N3O5. The summed E-state index contributed by atoms with van der Waals surface area (Å²) in [6.45, 7) is 0.671. The topological polar surface area (TPSA) is 106 Å². The maximum atomic E-state index is 12.5. The first-order chi connectivity index (χ1) is 19.9. The molecule has 1 saturated heterocycles. The molecule has 220 valence electrons. The van der Waals surface area contributed by atoms with E-state index >= 15 is 0 Å². The van der Waals surface area contributed by atoms with Gasteiger partial charge in [0.15, 0.2) is 6.29 Å². The highest BCUT2D eigenvalue weighted by Gasteiger charge is 2.24. The zero-order chi connectivity index (χ0) is 29.0. The summed E-state index contributed by atoms with van der Waals surface area (Å²) in [5.74, 6) is -0.374. The normalized spacial score (nSPS) is 18.2. The number of fused-ring (bicyclic) bond motifs is 1. The summed E-state index contributed by atoms with van der Waals surface area (Å²) >= 11 is 12.0. The fourth-order valence-electron chi connectivity index (χ4n) is 5.05. The van der Waals surface area contributed by atoms with E-state index in [4.69, 9.17) is 32.8 Å². The zero-order valence-corrected chi connectivity index (χ0v) is 24.6. The minimum atomic E-state index is -0.336. The Balaban J connectivity index is 1.11. The first-order valence-electron chi connectivity index (χ1n) is 14.3. The number of unbranched alkanes of at least 4 members (excludes halogenated alkanes) is 3. The maximum Gasteiger partial charge on any atom is 0.248 e. The van der Waals surface area contributed by atoms with E-state index in [0.29, 0.717) is 35.2 Å². The monoisotopic (exact) mass is 601 g/mol. The van der Waals surface area contributed by atoms with E-state index in [1.54, 1.807) is 24.3 Å². The molecule has 0 saturated carbocycles. The predicted molar refractivity (Wildman–Crippen MR) is 160 cm³/mol. The van der Waals surface area contributed by atoms with Crippen LogP contribution < -0.4 is 16.1 Å². The number of nitrogens with one attached hydrogen (secondary N) is 3. The van der Waals surface area contributed by atoms with Crippen LogP contribution in [0.15, 0.2) is 42.5 Å².